The van der Waals surface area contributed by atoms with Gasteiger partial charge < -0.3 is 24.2 Å². The highest BCUT2D eigenvalue weighted by atomic mass is 19.4. The van der Waals surface area contributed by atoms with Gasteiger partial charge in [-0.05, 0) is 36.4 Å². The van der Waals surface area contributed by atoms with Crippen molar-refractivity contribution in [1.29, 1.82) is 0 Å². The maximum atomic E-state index is 12.6. The Labute approximate surface area is 166 Å². The lowest BCUT2D eigenvalue weighted by molar-refractivity contribution is -0.274. The van der Waals surface area contributed by atoms with Crippen molar-refractivity contribution in [2.45, 2.75) is 6.36 Å². The standard InChI is InChI=1S/C20H13F3N2O5/c1-28-19(27)14-9-29-17-5-3-11(7-13(14)17)25-15-8-12(30-20(21,22)23)4-2-10(15)6-16(25)18(24)26/h2-9H,1H3,(H2,24,26). The predicted octanol–water partition coefficient (Wildman–Crippen LogP) is 4.16. The van der Waals surface area contributed by atoms with Gasteiger partial charge in [0, 0.05) is 22.5 Å². The summed E-state index contributed by atoms with van der Waals surface area (Å²) >= 11 is 0. The van der Waals surface area contributed by atoms with Gasteiger partial charge in [-0.15, -0.1) is 13.2 Å². The number of halogens is 3. The molecule has 0 saturated heterocycles. The molecule has 2 aromatic carbocycles. The van der Waals surface area contributed by atoms with Crippen LogP contribution in [-0.4, -0.2) is 29.9 Å². The molecule has 4 rings (SSSR count). The van der Waals surface area contributed by atoms with E-state index in [-0.39, 0.29) is 16.8 Å². The van der Waals surface area contributed by atoms with E-state index >= 15 is 0 Å². The molecule has 0 aliphatic heterocycles. The topological polar surface area (TPSA) is 96.7 Å². The molecule has 154 valence electrons. The Morgan fingerprint density at radius 3 is 2.53 bits per heavy atom. The highest BCUT2D eigenvalue weighted by Gasteiger charge is 2.31. The Morgan fingerprint density at radius 1 is 1.10 bits per heavy atom. The number of fused-ring (bicyclic) bond motifs is 2. The summed E-state index contributed by atoms with van der Waals surface area (Å²) in [5, 5.41) is 0.873. The van der Waals surface area contributed by atoms with Gasteiger partial charge in [0.15, 0.2) is 0 Å². The van der Waals surface area contributed by atoms with E-state index in [1.807, 2.05) is 0 Å². The Hall–Kier alpha value is -3.95. The summed E-state index contributed by atoms with van der Waals surface area (Å²) in [6.45, 7) is 0. The first-order valence-corrected chi connectivity index (χ1v) is 8.49. The van der Waals surface area contributed by atoms with E-state index in [1.165, 1.54) is 30.1 Å². The van der Waals surface area contributed by atoms with Crippen molar-refractivity contribution in [2.75, 3.05) is 7.11 Å². The second-order valence-electron chi connectivity index (χ2n) is 6.32. The number of amides is 1. The van der Waals surface area contributed by atoms with Gasteiger partial charge in [0.1, 0.15) is 28.9 Å². The molecule has 30 heavy (non-hydrogen) atoms. The molecule has 0 unspecified atom stereocenters. The molecule has 0 bridgehead atoms. The van der Waals surface area contributed by atoms with Crippen LogP contribution < -0.4 is 10.5 Å². The van der Waals surface area contributed by atoms with Crippen LogP contribution in [0.1, 0.15) is 20.8 Å². The van der Waals surface area contributed by atoms with Gasteiger partial charge in [0.05, 0.1) is 12.6 Å². The molecule has 0 aliphatic rings. The van der Waals surface area contributed by atoms with Gasteiger partial charge >= 0.3 is 12.3 Å². The molecular formula is C20H13F3N2O5. The van der Waals surface area contributed by atoms with Crippen LogP contribution >= 0.6 is 0 Å². The number of nitrogens with zero attached hydrogens (tertiary/aromatic N) is 1. The second-order valence-corrected chi connectivity index (χ2v) is 6.32. The molecule has 0 radical (unpaired) electrons. The van der Waals surface area contributed by atoms with Gasteiger partial charge in [-0.1, -0.05) is 0 Å². The van der Waals surface area contributed by atoms with E-state index in [0.717, 1.165) is 12.1 Å². The van der Waals surface area contributed by atoms with Crippen LogP contribution in [0.25, 0.3) is 27.6 Å². The van der Waals surface area contributed by atoms with E-state index in [0.29, 0.717) is 22.0 Å². The maximum absolute atomic E-state index is 12.6. The van der Waals surface area contributed by atoms with Gasteiger partial charge in [-0.25, -0.2) is 4.79 Å². The lowest BCUT2D eigenvalue weighted by atomic mass is 10.1. The monoisotopic (exact) mass is 418 g/mol. The highest BCUT2D eigenvalue weighted by Crippen LogP contribution is 2.32. The largest absolute Gasteiger partial charge is 0.573 e. The minimum Gasteiger partial charge on any atom is -0.465 e. The number of hydrogen-bond acceptors (Lipinski definition) is 5. The number of carbonyl (C=O) groups is 2. The average Bonchev–Trinajstić information content (AvgIpc) is 3.26. The molecule has 0 fully saturated rings. The molecular weight excluding hydrogens is 405 g/mol. The van der Waals surface area contributed by atoms with Crippen molar-refractivity contribution in [3.63, 3.8) is 0 Å². The summed E-state index contributed by atoms with van der Waals surface area (Å²) < 4.78 is 53.3. The van der Waals surface area contributed by atoms with E-state index in [9.17, 15) is 22.8 Å². The Bertz CT molecular complexity index is 1300. The summed E-state index contributed by atoms with van der Waals surface area (Å²) in [5.74, 6) is -1.87. The number of alkyl halides is 3. The number of esters is 1. The summed E-state index contributed by atoms with van der Waals surface area (Å²) in [6.07, 6.45) is -3.64. The number of carbonyl (C=O) groups excluding carboxylic acids is 2. The molecule has 7 nitrogen and oxygen atoms in total. The molecule has 2 aromatic heterocycles. The maximum Gasteiger partial charge on any atom is 0.573 e. The van der Waals surface area contributed by atoms with E-state index in [4.69, 9.17) is 14.9 Å². The first-order valence-electron chi connectivity index (χ1n) is 8.49. The van der Waals surface area contributed by atoms with Crippen LogP contribution in [0.3, 0.4) is 0 Å². The van der Waals surface area contributed by atoms with Crippen LogP contribution in [0.2, 0.25) is 0 Å². The SMILES string of the molecule is COC(=O)c1coc2ccc(-n3c(C(N)=O)cc4ccc(OC(F)(F)F)cc43)cc12. The Kier molecular flexibility index (Phi) is 4.41. The third kappa shape index (κ3) is 3.32. The molecule has 10 heteroatoms. The van der Waals surface area contributed by atoms with Crippen LogP contribution in [0.5, 0.6) is 5.75 Å². The molecule has 2 heterocycles. The number of ether oxygens (including phenoxy) is 2. The number of furan rings is 1. The smallest absolute Gasteiger partial charge is 0.465 e. The molecule has 0 aliphatic carbocycles. The Balaban J connectivity index is 1.96. The average molecular weight is 418 g/mol. The first-order chi connectivity index (χ1) is 14.2. The van der Waals surface area contributed by atoms with Gasteiger partial charge in [0.25, 0.3) is 5.91 Å². The zero-order valence-corrected chi connectivity index (χ0v) is 15.3. The fourth-order valence-corrected chi connectivity index (χ4v) is 3.26. The van der Waals surface area contributed by atoms with Crippen molar-refractivity contribution in [3.8, 4) is 11.4 Å². The first kappa shape index (κ1) is 19.4. The van der Waals surface area contributed by atoms with E-state index in [2.05, 4.69) is 4.74 Å². The highest BCUT2D eigenvalue weighted by molar-refractivity contribution is 6.04. The molecule has 0 saturated carbocycles. The van der Waals surface area contributed by atoms with Crippen molar-refractivity contribution < 1.29 is 36.7 Å². The molecule has 1 amide bonds. The number of methoxy groups -OCH3 is 1. The summed E-state index contributed by atoms with van der Waals surface area (Å²) in [7, 11) is 1.22. The molecule has 0 atom stereocenters. The third-order valence-corrected chi connectivity index (χ3v) is 4.48. The number of hydrogen-bond donors (Lipinski definition) is 1. The minimum absolute atomic E-state index is 0.0385. The minimum atomic E-state index is -4.87. The third-order valence-electron chi connectivity index (χ3n) is 4.48. The quantitative estimate of drug-likeness (QED) is 0.502. The van der Waals surface area contributed by atoms with Gasteiger partial charge in [0.2, 0.25) is 0 Å². The van der Waals surface area contributed by atoms with Crippen LogP contribution in [-0.2, 0) is 4.74 Å². The number of primary amides is 1. The molecule has 2 N–H and O–H groups in total. The van der Waals surface area contributed by atoms with E-state index in [1.54, 1.807) is 18.2 Å². The molecule has 0 spiro atoms. The van der Waals surface area contributed by atoms with Crippen molar-refractivity contribution in [1.82, 2.24) is 4.57 Å². The van der Waals surface area contributed by atoms with Crippen LogP contribution in [0.4, 0.5) is 13.2 Å². The van der Waals surface area contributed by atoms with Gasteiger partial charge in [-0.3, -0.25) is 4.79 Å². The number of aromatic nitrogens is 1. The van der Waals surface area contributed by atoms with E-state index < -0.39 is 24.0 Å². The summed E-state index contributed by atoms with van der Waals surface area (Å²) in [6, 6.07) is 9.81. The lowest BCUT2D eigenvalue weighted by Gasteiger charge is -2.12. The summed E-state index contributed by atoms with van der Waals surface area (Å²) in [4.78, 5) is 24.0. The molecule has 4 aromatic rings. The van der Waals surface area contributed by atoms with Gasteiger partial charge in [-0.2, -0.15) is 0 Å². The summed E-state index contributed by atoms with van der Waals surface area (Å²) in [5.41, 5.74) is 6.70. The fourth-order valence-electron chi connectivity index (χ4n) is 3.26. The van der Waals surface area contributed by atoms with Crippen molar-refractivity contribution >= 4 is 33.7 Å². The van der Waals surface area contributed by atoms with Crippen molar-refractivity contribution in [2.24, 2.45) is 5.73 Å². The van der Waals surface area contributed by atoms with Crippen LogP contribution in [0.15, 0.2) is 53.1 Å². The number of rotatable bonds is 4. The zero-order chi connectivity index (χ0) is 21.6. The second kappa shape index (κ2) is 6.83. The normalized spacial score (nSPS) is 11.7. The Morgan fingerprint density at radius 2 is 1.87 bits per heavy atom. The lowest BCUT2D eigenvalue weighted by Crippen LogP contribution is -2.17. The fraction of sp³-hybridized carbons (Fsp3) is 0.100. The van der Waals surface area contributed by atoms with Crippen LogP contribution in [0, 0.1) is 0 Å². The predicted molar refractivity (Wildman–Crippen MR) is 99.6 cm³/mol. The zero-order valence-electron chi connectivity index (χ0n) is 15.3. The number of benzene rings is 2. The number of nitrogens with two attached hydrogens (primary N) is 1. The van der Waals surface area contributed by atoms with Crippen molar-refractivity contribution in [3.05, 3.63) is 60.0 Å².